The van der Waals surface area contributed by atoms with Crippen LogP contribution in [0.2, 0.25) is 0 Å². The molecule has 3 heteroatoms. The first kappa shape index (κ1) is 13.3. The molecule has 1 N–H and O–H groups in total. The molecule has 0 spiro atoms. The molecule has 0 aliphatic carbocycles. The largest absolute Gasteiger partial charge is 0.377 e. The van der Waals surface area contributed by atoms with Crippen LogP contribution in [0.25, 0.3) is 0 Å². The SMILES string of the molecule is CC1CCN(CCCNC2CCOC2C)CC1. The summed E-state index contributed by atoms with van der Waals surface area (Å²) in [5.74, 6) is 0.945. The van der Waals surface area contributed by atoms with E-state index in [1.54, 1.807) is 0 Å². The summed E-state index contributed by atoms with van der Waals surface area (Å²) in [4.78, 5) is 2.62. The number of hydrogen-bond donors (Lipinski definition) is 1. The minimum atomic E-state index is 0.408. The van der Waals surface area contributed by atoms with Crippen LogP contribution in [-0.2, 0) is 4.74 Å². The number of nitrogens with zero attached hydrogens (tertiary/aromatic N) is 1. The first-order valence-electron chi connectivity index (χ1n) is 7.33. The molecule has 3 nitrogen and oxygen atoms in total. The molecule has 0 aromatic heterocycles. The Morgan fingerprint density at radius 3 is 2.59 bits per heavy atom. The molecule has 0 aromatic rings. The zero-order valence-corrected chi connectivity index (χ0v) is 11.5. The summed E-state index contributed by atoms with van der Waals surface area (Å²) >= 11 is 0. The molecule has 2 atom stereocenters. The van der Waals surface area contributed by atoms with E-state index in [0.717, 1.165) is 19.1 Å². The lowest BCUT2D eigenvalue weighted by molar-refractivity contribution is 0.113. The monoisotopic (exact) mass is 240 g/mol. The Morgan fingerprint density at radius 1 is 1.18 bits per heavy atom. The Hall–Kier alpha value is -0.120. The Bertz CT molecular complexity index is 214. The third kappa shape index (κ3) is 4.23. The van der Waals surface area contributed by atoms with Gasteiger partial charge in [-0.25, -0.2) is 0 Å². The maximum atomic E-state index is 5.55. The molecule has 2 rings (SSSR count). The van der Waals surface area contributed by atoms with E-state index in [2.05, 4.69) is 24.1 Å². The number of nitrogens with one attached hydrogen (secondary N) is 1. The second kappa shape index (κ2) is 6.72. The first-order chi connectivity index (χ1) is 8.25. The van der Waals surface area contributed by atoms with Gasteiger partial charge in [-0.05, 0) is 64.7 Å². The van der Waals surface area contributed by atoms with Gasteiger partial charge in [-0.1, -0.05) is 6.92 Å². The van der Waals surface area contributed by atoms with Gasteiger partial charge in [0.1, 0.15) is 0 Å². The molecule has 2 fully saturated rings. The Labute approximate surface area is 106 Å². The zero-order valence-electron chi connectivity index (χ0n) is 11.5. The molecule has 0 amide bonds. The van der Waals surface area contributed by atoms with Gasteiger partial charge < -0.3 is 15.0 Å². The molecular formula is C14H28N2O. The van der Waals surface area contributed by atoms with Gasteiger partial charge in [-0.15, -0.1) is 0 Å². The standard InChI is InChI=1S/C14H28N2O/c1-12-4-9-16(10-5-12)8-3-7-15-14-6-11-17-13(14)2/h12-15H,3-11H2,1-2H3. The van der Waals surface area contributed by atoms with Gasteiger partial charge in [0.15, 0.2) is 0 Å². The zero-order chi connectivity index (χ0) is 12.1. The fraction of sp³-hybridized carbons (Fsp3) is 1.00. The van der Waals surface area contributed by atoms with Crippen LogP contribution < -0.4 is 5.32 Å². The summed E-state index contributed by atoms with van der Waals surface area (Å²) in [6.45, 7) is 10.5. The smallest absolute Gasteiger partial charge is 0.0700 e. The van der Waals surface area contributed by atoms with Crippen LogP contribution in [0.15, 0.2) is 0 Å². The van der Waals surface area contributed by atoms with Crippen molar-refractivity contribution in [3.05, 3.63) is 0 Å². The quantitative estimate of drug-likeness (QED) is 0.743. The molecule has 2 saturated heterocycles. The molecule has 2 heterocycles. The van der Waals surface area contributed by atoms with Gasteiger partial charge in [0.2, 0.25) is 0 Å². The fourth-order valence-corrected chi connectivity index (χ4v) is 2.88. The maximum Gasteiger partial charge on any atom is 0.0700 e. The van der Waals surface area contributed by atoms with Crippen molar-refractivity contribution in [2.45, 2.75) is 51.7 Å². The third-order valence-corrected chi connectivity index (χ3v) is 4.31. The predicted molar refractivity (Wildman–Crippen MR) is 71.3 cm³/mol. The molecule has 2 aliphatic heterocycles. The lowest BCUT2D eigenvalue weighted by Gasteiger charge is -2.30. The summed E-state index contributed by atoms with van der Waals surface area (Å²) < 4.78 is 5.55. The van der Waals surface area contributed by atoms with Crippen molar-refractivity contribution >= 4 is 0 Å². The summed E-state index contributed by atoms with van der Waals surface area (Å²) in [5, 5.41) is 3.63. The third-order valence-electron chi connectivity index (χ3n) is 4.31. The topological polar surface area (TPSA) is 24.5 Å². The molecule has 0 saturated carbocycles. The molecule has 2 unspecified atom stereocenters. The van der Waals surface area contributed by atoms with E-state index in [-0.39, 0.29) is 0 Å². The lowest BCUT2D eigenvalue weighted by atomic mass is 9.99. The van der Waals surface area contributed by atoms with Crippen LogP contribution in [0.5, 0.6) is 0 Å². The molecular weight excluding hydrogens is 212 g/mol. The minimum Gasteiger partial charge on any atom is -0.377 e. The number of hydrogen-bond acceptors (Lipinski definition) is 3. The van der Waals surface area contributed by atoms with Crippen molar-refractivity contribution in [1.29, 1.82) is 0 Å². The average Bonchev–Trinajstić information content (AvgIpc) is 2.73. The molecule has 100 valence electrons. The van der Waals surface area contributed by atoms with Crippen LogP contribution in [0, 0.1) is 5.92 Å². The average molecular weight is 240 g/mol. The van der Waals surface area contributed by atoms with E-state index in [1.165, 1.54) is 45.3 Å². The fourth-order valence-electron chi connectivity index (χ4n) is 2.88. The Balaban J connectivity index is 1.51. The normalized spacial score (nSPS) is 32.1. The van der Waals surface area contributed by atoms with Gasteiger partial charge in [0, 0.05) is 12.6 Å². The number of ether oxygens (including phenoxy) is 1. The Morgan fingerprint density at radius 2 is 1.94 bits per heavy atom. The van der Waals surface area contributed by atoms with Crippen molar-refractivity contribution in [2.24, 2.45) is 5.92 Å². The van der Waals surface area contributed by atoms with Crippen molar-refractivity contribution in [1.82, 2.24) is 10.2 Å². The van der Waals surface area contributed by atoms with Crippen LogP contribution in [0.1, 0.15) is 39.5 Å². The van der Waals surface area contributed by atoms with Crippen molar-refractivity contribution < 1.29 is 4.74 Å². The van der Waals surface area contributed by atoms with Crippen LogP contribution in [-0.4, -0.2) is 49.8 Å². The summed E-state index contributed by atoms with van der Waals surface area (Å²) in [6, 6.07) is 0.594. The van der Waals surface area contributed by atoms with E-state index in [4.69, 9.17) is 4.74 Å². The highest BCUT2D eigenvalue weighted by atomic mass is 16.5. The van der Waals surface area contributed by atoms with Crippen molar-refractivity contribution in [3.8, 4) is 0 Å². The van der Waals surface area contributed by atoms with Gasteiger partial charge >= 0.3 is 0 Å². The van der Waals surface area contributed by atoms with Gasteiger partial charge in [0.05, 0.1) is 6.10 Å². The molecule has 0 bridgehead atoms. The Kier molecular flexibility index (Phi) is 5.26. The van der Waals surface area contributed by atoms with E-state index in [0.29, 0.717) is 12.1 Å². The van der Waals surface area contributed by atoms with E-state index in [9.17, 15) is 0 Å². The highest BCUT2D eigenvalue weighted by molar-refractivity contribution is 4.79. The molecule has 2 aliphatic rings. The molecule has 17 heavy (non-hydrogen) atoms. The minimum absolute atomic E-state index is 0.408. The van der Waals surface area contributed by atoms with E-state index < -0.39 is 0 Å². The van der Waals surface area contributed by atoms with E-state index in [1.807, 2.05) is 0 Å². The van der Waals surface area contributed by atoms with Crippen LogP contribution >= 0.6 is 0 Å². The highest BCUT2D eigenvalue weighted by Crippen LogP contribution is 2.16. The van der Waals surface area contributed by atoms with Gasteiger partial charge in [-0.3, -0.25) is 0 Å². The van der Waals surface area contributed by atoms with Gasteiger partial charge in [-0.2, -0.15) is 0 Å². The number of piperidine rings is 1. The second-order valence-corrected chi connectivity index (χ2v) is 5.80. The number of rotatable bonds is 5. The lowest BCUT2D eigenvalue weighted by Crippen LogP contribution is -2.38. The summed E-state index contributed by atoms with van der Waals surface area (Å²) in [5.41, 5.74) is 0. The second-order valence-electron chi connectivity index (χ2n) is 5.80. The van der Waals surface area contributed by atoms with Crippen LogP contribution in [0.4, 0.5) is 0 Å². The van der Waals surface area contributed by atoms with Crippen LogP contribution in [0.3, 0.4) is 0 Å². The number of likely N-dealkylation sites (tertiary alicyclic amines) is 1. The van der Waals surface area contributed by atoms with Gasteiger partial charge in [0.25, 0.3) is 0 Å². The summed E-state index contributed by atoms with van der Waals surface area (Å²) in [7, 11) is 0. The highest BCUT2D eigenvalue weighted by Gasteiger charge is 2.23. The predicted octanol–water partition coefficient (Wildman–Crippen LogP) is 1.88. The maximum absolute atomic E-state index is 5.55. The van der Waals surface area contributed by atoms with Crippen molar-refractivity contribution in [2.75, 3.05) is 32.8 Å². The van der Waals surface area contributed by atoms with E-state index >= 15 is 0 Å². The summed E-state index contributed by atoms with van der Waals surface area (Å²) in [6.07, 6.45) is 5.65. The van der Waals surface area contributed by atoms with Crippen molar-refractivity contribution in [3.63, 3.8) is 0 Å². The molecule has 0 radical (unpaired) electrons. The molecule has 0 aromatic carbocycles. The first-order valence-corrected chi connectivity index (χ1v) is 7.33.